The van der Waals surface area contributed by atoms with Gasteiger partial charge in [-0.15, -0.1) is 11.3 Å². The second-order valence-electron chi connectivity index (χ2n) is 13.9. The van der Waals surface area contributed by atoms with E-state index in [4.69, 9.17) is 4.98 Å². The van der Waals surface area contributed by atoms with Gasteiger partial charge in [0, 0.05) is 59.9 Å². The van der Waals surface area contributed by atoms with Crippen molar-refractivity contribution in [2.45, 2.75) is 66.3 Å². The molecule has 3 N–H and O–H groups in total. The van der Waals surface area contributed by atoms with Crippen LogP contribution in [0.25, 0.3) is 11.0 Å². The van der Waals surface area contributed by atoms with Crippen LogP contribution in [0.4, 0.5) is 28.3 Å². The van der Waals surface area contributed by atoms with Crippen molar-refractivity contribution < 1.29 is 14.4 Å². The molecule has 1 aromatic carbocycles. The van der Waals surface area contributed by atoms with Crippen LogP contribution in [0, 0.1) is 27.7 Å². The first-order valence-electron chi connectivity index (χ1n) is 18.3. The van der Waals surface area contributed by atoms with Crippen molar-refractivity contribution in [2.24, 2.45) is 0 Å². The molecule has 14 nitrogen and oxygen atoms in total. The summed E-state index contributed by atoms with van der Waals surface area (Å²) in [4.78, 5) is 75.5. The number of fused-ring (bicyclic) bond motifs is 1. The molecular weight excluding hydrogens is 705 g/mol. The van der Waals surface area contributed by atoms with E-state index in [0.717, 1.165) is 53.2 Å². The van der Waals surface area contributed by atoms with E-state index in [2.05, 4.69) is 35.8 Å². The third kappa shape index (κ3) is 7.40. The first-order chi connectivity index (χ1) is 26.0. The molecule has 280 valence electrons. The number of carbonyl (C=O) groups excluding carboxylic acids is 3. The fraction of sp³-hybridized carbons (Fsp3) is 0.385. The van der Waals surface area contributed by atoms with E-state index >= 15 is 0 Å². The maximum Gasteiger partial charge on any atom is 0.263 e. The molecule has 2 aliphatic rings. The molecule has 15 heteroatoms. The zero-order valence-electron chi connectivity index (χ0n) is 31.2. The van der Waals surface area contributed by atoms with Gasteiger partial charge in [-0.3, -0.25) is 29.1 Å². The summed E-state index contributed by atoms with van der Waals surface area (Å²) in [7, 11) is 0. The number of piperazine rings is 1. The fourth-order valence-electron chi connectivity index (χ4n) is 7.33. The second kappa shape index (κ2) is 15.3. The summed E-state index contributed by atoms with van der Waals surface area (Å²) in [6.07, 6.45) is 7.25. The molecule has 2 amide bonds. The zero-order chi connectivity index (χ0) is 38.1. The molecule has 7 rings (SSSR count). The first-order valence-corrected chi connectivity index (χ1v) is 19.1. The predicted molar refractivity (Wildman–Crippen MR) is 212 cm³/mol. The molecular formula is C39H44N10O4S. The van der Waals surface area contributed by atoms with Crippen molar-refractivity contribution in [2.75, 3.05) is 53.6 Å². The molecule has 2 fully saturated rings. The van der Waals surface area contributed by atoms with Crippen molar-refractivity contribution in [3.05, 3.63) is 85.9 Å². The van der Waals surface area contributed by atoms with Gasteiger partial charge in [0.15, 0.2) is 10.9 Å². The Bertz CT molecular complexity index is 2290. The maximum absolute atomic E-state index is 13.5. The largest absolute Gasteiger partial charge is 0.376 e. The number of Topliss-reactive ketones (excluding diaryl/α,β-unsaturated/α-hetero) is 1. The van der Waals surface area contributed by atoms with Crippen LogP contribution >= 0.6 is 11.3 Å². The number of rotatable bonds is 10. The summed E-state index contributed by atoms with van der Waals surface area (Å²) >= 11 is 1.44. The highest BCUT2D eigenvalue weighted by Gasteiger charge is 2.26. The van der Waals surface area contributed by atoms with Gasteiger partial charge in [0.2, 0.25) is 11.9 Å². The van der Waals surface area contributed by atoms with Crippen LogP contribution in [0.5, 0.6) is 0 Å². The van der Waals surface area contributed by atoms with Crippen molar-refractivity contribution in [1.82, 2.24) is 29.4 Å². The van der Waals surface area contributed by atoms with Crippen molar-refractivity contribution in [1.29, 1.82) is 0 Å². The maximum atomic E-state index is 13.5. The van der Waals surface area contributed by atoms with Crippen molar-refractivity contribution >= 4 is 68.2 Å². The van der Waals surface area contributed by atoms with Gasteiger partial charge in [-0.1, -0.05) is 18.9 Å². The molecule has 1 aliphatic heterocycles. The molecule has 0 bridgehead atoms. The van der Waals surface area contributed by atoms with Gasteiger partial charge < -0.3 is 20.4 Å². The van der Waals surface area contributed by atoms with E-state index in [-0.39, 0.29) is 41.3 Å². The number of carbonyl (C=O) groups is 3. The molecule has 1 aliphatic carbocycles. The molecule has 5 heterocycles. The Balaban J connectivity index is 0.951. The third-order valence-electron chi connectivity index (χ3n) is 10.5. The number of nitrogens with zero attached hydrogens (tertiary/aromatic N) is 7. The SMILES string of the molecule is CC(=O)c1c(C)c2cnc(Nc3ccc(N4CCN(C(=O)CNc5cccc(C(=O)Nc6nc(C)c(C)s6)c5C)CC4)cn3)nc2n(C2CCCC2)c1=O. The van der Waals surface area contributed by atoms with Crippen LogP contribution in [0.1, 0.15) is 81.1 Å². The van der Waals surface area contributed by atoms with Crippen LogP contribution < -0.4 is 26.4 Å². The van der Waals surface area contributed by atoms with Gasteiger partial charge in [-0.05, 0) is 82.9 Å². The Morgan fingerprint density at radius 3 is 2.33 bits per heavy atom. The highest BCUT2D eigenvalue weighted by Crippen LogP contribution is 2.32. The first kappa shape index (κ1) is 36.6. The van der Waals surface area contributed by atoms with Gasteiger partial charge in [-0.2, -0.15) is 4.98 Å². The van der Waals surface area contributed by atoms with E-state index in [9.17, 15) is 19.2 Å². The van der Waals surface area contributed by atoms with Gasteiger partial charge in [0.25, 0.3) is 11.5 Å². The number of hydrogen-bond donors (Lipinski definition) is 3. The van der Waals surface area contributed by atoms with Crippen LogP contribution in [-0.4, -0.2) is 79.7 Å². The third-order valence-corrected chi connectivity index (χ3v) is 11.5. The number of nitrogens with one attached hydrogen (secondary N) is 3. The standard InChI is InChI=1S/C39H44N10O4S/c1-22-29(36(52)46-39-43-24(3)26(5)54-39)11-8-12-31(22)40-21-33(51)48-17-15-47(16-18-48)28-13-14-32(41-19-28)44-38-42-20-30-23(2)34(25(4)50)37(53)49(35(30)45-38)27-9-6-7-10-27/h8,11-14,19-20,27,40H,6-7,9-10,15-18,21H2,1-5H3,(H,43,46,52)(H,41,42,44,45). The summed E-state index contributed by atoms with van der Waals surface area (Å²) in [5.41, 5.74) is 4.89. The number of anilines is 5. The smallest absolute Gasteiger partial charge is 0.263 e. The number of pyridine rings is 2. The molecule has 0 unspecified atom stereocenters. The molecule has 1 saturated heterocycles. The lowest BCUT2D eigenvalue weighted by molar-refractivity contribution is -0.129. The number of aryl methyl sites for hydroxylation is 3. The van der Waals surface area contributed by atoms with Crippen LogP contribution in [0.2, 0.25) is 0 Å². The minimum atomic E-state index is -0.288. The normalized spacial score (nSPS) is 14.8. The monoisotopic (exact) mass is 748 g/mol. The quantitative estimate of drug-likeness (QED) is 0.144. The second-order valence-corrected chi connectivity index (χ2v) is 15.1. The summed E-state index contributed by atoms with van der Waals surface area (Å²) in [5, 5.41) is 10.6. The average Bonchev–Trinajstić information content (AvgIpc) is 3.80. The fourth-order valence-corrected chi connectivity index (χ4v) is 8.14. The minimum absolute atomic E-state index is 0.00393. The molecule has 5 aromatic rings. The Morgan fingerprint density at radius 2 is 1.67 bits per heavy atom. The van der Waals surface area contributed by atoms with Gasteiger partial charge in [0.1, 0.15) is 11.5 Å². The Labute approximate surface area is 317 Å². The molecule has 4 aromatic heterocycles. The summed E-state index contributed by atoms with van der Waals surface area (Å²) in [6.45, 7) is 11.5. The van der Waals surface area contributed by atoms with Crippen LogP contribution in [0.3, 0.4) is 0 Å². The Hall–Kier alpha value is -5.70. The molecule has 0 spiro atoms. The number of thiazole rings is 1. The van der Waals surface area contributed by atoms with Crippen LogP contribution in [0.15, 0.2) is 47.5 Å². The highest BCUT2D eigenvalue weighted by molar-refractivity contribution is 7.15. The minimum Gasteiger partial charge on any atom is -0.376 e. The Morgan fingerprint density at radius 1 is 0.907 bits per heavy atom. The highest BCUT2D eigenvalue weighted by atomic mass is 32.1. The van der Waals surface area contributed by atoms with E-state index in [1.54, 1.807) is 36.0 Å². The Kier molecular flexibility index (Phi) is 10.4. The van der Waals surface area contributed by atoms with Crippen molar-refractivity contribution in [3.63, 3.8) is 0 Å². The number of amides is 2. The van der Waals surface area contributed by atoms with Gasteiger partial charge in [0.05, 0.1) is 29.7 Å². The number of hydrogen-bond acceptors (Lipinski definition) is 12. The summed E-state index contributed by atoms with van der Waals surface area (Å²) in [6, 6.07) is 9.26. The van der Waals surface area contributed by atoms with E-state index in [0.29, 0.717) is 65.2 Å². The van der Waals surface area contributed by atoms with Crippen molar-refractivity contribution in [3.8, 4) is 0 Å². The molecule has 0 radical (unpaired) electrons. The molecule has 1 saturated carbocycles. The van der Waals surface area contributed by atoms with Gasteiger partial charge >= 0.3 is 0 Å². The number of ketones is 1. The van der Waals surface area contributed by atoms with Gasteiger partial charge in [-0.25, -0.2) is 15.0 Å². The van der Waals surface area contributed by atoms with E-state index in [1.807, 2.05) is 43.9 Å². The topological polar surface area (TPSA) is 167 Å². The predicted octanol–water partition coefficient (Wildman–Crippen LogP) is 5.95. The number of benzene rings is 1. The van der Waals surface area contributed by atoms with Crippen LogP contribution in [-0.2, 0) is 4.79 Å². The lowest BCUT2D eigenvalue weighted by Crippen LogP contribution is -2.50. The molecule has 0 atom stereocenters. The lowest BCUT2D eigenvalue weighted by atomic mass is 10.0. The summed E-state index contributed by atoms with van der Waals surface area (Å²) < 4.78 is 1.70. The lowest BCUT2D eigenvalue weighted by Gasteiger charge is -2.36. The molecule has 54 heavy (non-hydrogen) atoms. The van der Waals surface area contributed by atoms with E-state index in [1.165, 1.54) is 18.3 Å². The zero-order valence-corrected chi connectivity index (χ0v) is 32.0. The average molecular weight is 749 g/mol. The number of aromatic nitrogens is 5. The summed E-state index contributed by atoms with van der Waals surface area (Å²) in [5.74, 6) is 0.359. The van der Waals surface area contributed by atoms with E-state index < -0.39 is 0 Å².